The van der Waals surface area contributed by atoms with Crippen LogP contribution in [0.25, 0.3) is 10.9 Å². The van der Waals surface area contributed by atoms with E-state index in [2.05, 4.69) is 21.1 Å². The summed E-state index contributed by atoms with van der Waals surface area (Å²) in [5.41, 5.74) is 0.579. The zero-order valence-corrected chi connectivity index (χ0v) is 8.59. The van der Waals surface area contributed by atoms with Gasteiger partial charge in [-0.25, -0.2) is 0 Å². The molecule has 0 aliphatic heterocycles. The molecule has 2 aromatic rings. The smallest absolute Gasteiger partial charge is 0.207 e. The second-order valence-corrected chi connectivity index (χ2v) is 3.71. The van der Waals surface area contributed by atoms with Crippen molar-refractivity contribution in [2.75, 3.05) is 0 Å². The second kappa shape index (κ2) is 3.12. The van der Waals surface area contributed by atoms with Crippen molar-refractivity contribution in [3.05, 3.63) is 27.4 Å². The Morgan fingerprint density at radius 1 is 1.54 bits per heavy atom. The van der Waals surface area contributed by atoms with E-state index < -0.39 is 0 Å². The summed E-state index contributed by atoms with van der Waals surface area (Å²) in [4.78, 5) is 10.5. The van der Waals surface area contributed by atoms with Crippen LogP contribution in [-0.4, -0.2) is 11.4 Å². The number of hydrogen-bond acceptors (Lipinski definition) is 3. The first-order valence-electron chi connectivity index (χ1n) is 3.42. The molecule has 0 atom stereocenters. The Balaban J connectivity index is 2.84. The largest absolute Gasteiger partial charge is 0.352 e. The predicted octanol–water partition coefficient (Wildman–Crippen LogP) is 3.06. The molecular weight excluding hydrogens is 257 g/mol. The van der Waals surface area contributed by atoms with Crippen molar-refractivity contribution < 1.29 is 9.32 Å². The minimum Gasteiger partial charge on any atom is -0.352 e. The number of rotatable bonds is 1. The first-order valence-corrected chi connectivity index (χ1v) is 4.59. The molecule has 66 valence electrons. The van der Waals surface area contributed by atoms with Crippen LogP contribution in [0.1, 0.15) is 10.6 Å². The summed E-state index contributed by atoms with van der Waals surface area (Å²) >= 11 is 9.07. The lowest BCUT2D eigenvalue weighted by atomic mass is 10.2. The summed E-state index contributed by atoms with van der Waals surface area (Å²) < 4.78 is 5.49. The monoisotopic (exact) mass is 259 g/mol. The third-order valence-electron chi connectivity index (χ3n) is 1.65. The van der Waals surface area contributed by atoms with Gasteiger partial charge in [0.25, 0.3) is 0 Å². The zero-order valence-electron chi connectivity index (χ0n) is 6.25. The summed E-state index contributed by atoms with van der Waals surface area (Å²) in [5, 5.41) is 4.88. The number of aldehydes is 1. The molecule has 1 aromatic carbocycles. The Morgan fingerprint density at radius 3 is 3.00 bits per heavy atom. The van der Waals surface area contributed by atoms with E-state index in [0.29, 0.717) is 26.7 Å². The zero-order chi connectivity index (χ0) is 9.42. The van der Waals surface area contributed by atoms with Crippen LogP contribution in [0.2, 0.25) is 5.02 Å². The molecule has 3 nitrogen and oxygen atoms in total. The van der Waals surface area contributed by atoms with Gasteiger partial charge in [-0.3, -0.25) is 4.79 Å². The maximum atomic E-state index is 10.5. The van der Waals surface area contributed by atoms with Crippen molar-refractivity contribution in [1.82, 2.24) is 5.16 Å². The van der Waals surface area contributed by atoms with Crippen molar-refractivity contribution in [1.29, 1.82) is 0 Å². The van der Waals surface area contributed by atoms with Crippen molar-refractivity contribution in [2.24, 2.45) is 0 Å². The van der Waals surface area contributed by atoms with Crippen molar-refractivity contribution in [2.45, 2.75) is 0 Å². The highest BCUT2D eigenvalue weighted by molar-refractivity contribution is 9.10. The fourth-order valence-electron chi connectivity index (χ4n) is 1.04. The van der Waals surface area contributed by atoms with Gasteiger partial charge in [0.1, 0.15) is 5.52 Å². The first-order chi connectivity index (χ1) is 6.22. The standard InChI is InChI=1S/C8H3BrClNO2/c9-5-1-4-7(2-6(5)10)11-13-8(4)3-12/h1-3H. The maximum Gasteiger partial charge on any atom is 0.207 e. The van der Waals surface area contributed by atoms with Crippen LogP contribution >= 0.6 is 27.5 Å². The van der Waals surface area contributed by atoms with Crippen LogP contribution in [0.15, 0.2) is 21.1 Å². The lowest BCUT2D eigenvalue weighted by Crippen LogP contribution is -1.75. The molecule has 0 radical (unpaired) electrons. The first kappa shape index (κ1) is 8.72. The number of hydrogen-bond donors (Lipinski definition) is 0. The lowest BCUT2D eigenvalue weighted by molar-refractivity contribution is 0.109. The lowest BCUT2D eigenvalue weighted by Gasteiger charge is -1.93. The number of fused-ring (bicyclic) bond motifs is 1. The number of aromatic nitrogens is 1. The molecule has 0 N–H and O–H groups in total. The molecule has 1 aromatic heterocycles. The molecule has 0 spiro atoms. The molecule has 0 saturated carbocycles. The van der Waals surface area contributed by atoms with Crippen molar-refractivity contribution in [3.63, 3.8) is 0 Å². The van der Waals surface area contributed by atoms with Crippen LogP contribution in [0, 0.1) is 0 Å². The molecule has 0 aliphatic rings. The molecule has 0 unspecified atom stereocenters. The molecular formula is C8H3BrClNO2. The summed E-state index contributed by atoms with van der Waals surface area (Å²) in [6.07, 6.45) is 0.621. The highest BCUT2D eigenvalue weighted by atomic mass is 79.9. The SMILES string of the molecule is O=Cc1onc2cc(Cl)c(Br)cc12. The highest BCUT2D eigenvalue weighted by Crippen LogP contribution is 2.28. The molecule has 13 heavy (non-hydrogen) atoms. The minimum absolute atomic E-state index is 0.215. The van der Waals surface area contributed by atoms with E-state index in [1.54, 1.807) is 12.1 Å². The summed E-state index contributed by atoms with van der Waals surface area (Å²) in [6.45, 7) is 0. The maximum absolute atomic E-state index is 10.5. The fourth-order valence-corrected chi connectivity index (χ4v) is 1.54. The quantitative estimate of drug-likeness (QED) is 0.740. The van der Waals surface area contributed by atoms with Gasteiger partial charge < -0.3 is 4.52 Å². The normalized spacial score (nSPS) is 10.6. The number of carbonyl (C=O) groups is 1. The van der Waals surface area contributed by atoms with Gasteiger partial charge in [-0.15, -0.1) is 0 Å². The van der Waals surface area contributed by atoms with E-state index >= 15 is 0 Å². The topological polar surface area (TPSA) is 43.1 Å². The van der Waals surface area contributed by atoms with Crippen molar-refractivity contribution >= 4 is 44.7 Å². The number of carbonyl (C=O) groups excluding carboxylic acids is 1. The van der Waals surface area contributed by atoms with Gasteiger partial charge in [-0.2, -0.15) is 0 Å². The summed E-state index contributed by atoms with van der Waals surface area (Å²) in [5.74, 6) is 0.215. The second-order valence-electron chi connectivity index (χ2n) is 2.45. The Morgan fingerprint density at radius 2 is 2.31 bits per heavy atom. The van der Waals surface area contributed by atoms with Gasteiger partial charge in [0, 0.05) is 4.47 Å². The Labute approximate surface area is 86.8 Å². The fraction of sp³-hybridized carbons (Fsp3) is 0. The van der Waals surface area contributed by atoms with Gasteiger partial charge in [0.2, 0.25) is 5.76 Å². The van der Waals surface area contributed by atoms with Gasteiger partial charge in [-0.05, 0) is 28.1 Å². The number of benzene rings is 1. The molecule has 2 rings (SSSR count). The van der Waals surface area contributed by atoms with E-state index in [1.165, 1.54) is 0 Å². The van der Waals surface area contributed by atoms with Gasteiger partial charge >= 0.3 is 0 Å². The Hall–Kier alpha value is -0.870. The molecule has 0 aliphatic carbocycles. The minimum atomic E-state index is 0.215. The van der Waals surface area contributed by atoms with Crippen LogP contribution in [-0.2, 0) is 0 Å². The van der Waals surface area contributed by atoms with Crippen LogP contribution in [0.4, 0.5) is 0 Å². The van der Waals surface area contributed by atoms with Gasteiger partial charge in [0.15, 0.2) is 6.29 Å². The summed E-state index contributed by atoms with van der Waals surface area (Å²) in [7, 11) is 0. The Kier molecular flexibility index (Phi) is 2.09. The van der Waals surface area contributed by atoms with E-state index in [4.69, 9.17) is 16.1 Å². The van der Waals surface area contributed by atoms with Gasteiger partial charge in [0.05, 0.1) is 10.4 Å². The highest BCUT2D eigenvalue weighted by Gasteiger charge is 2.09. The number of nitrogens with zero attached hydrogens (tertiary/aromatic N) is 1. The average Bonchev–Trinajstić information content (AvgIpc) is 2.48. The molecule has 0 amide bonds. The third-order valence-corrected chi connectivity index (χ3v) is 2.85. The molecule has 0 saturated heterocycles. The predicted molar refractivity (Wildman–Crippen MR) is 52.1 cm³/mol. The van der Waals surface area contributed by atoms with Crippen LogP contribution < -0.4 is 0 Å². The molecule has 5 heteroatoms. The van der Waals surface area contributed by atoms with Crippen molar-refractivity contribution in [3.8, 4) is 0 Å². The van der Waals surface area contributed by atoms with Gasteiger partial charge in [-0.1, -0.05) is 16.8 Å². The van der Waals surface area contributed by atoms with E-state index in [1.807, 2.05) is 0 Å². The van der Waals surface area contributed by atoms with E-state index in [-0.39, 0.29) is 5.76 Å². The number of halogens is 2. The Bertz CT molecular complexity index is 480. The third kappa shape index (κ3) is 1.36. The molecule has 0 bridgehead atoms. The average molecular weight is 260 g/mol. The van der Waals surface area contributed by atoms with E-state index in [0.717, 1.165) is 0 Å². The summed E-state index contributed by atoms with van der Waals surface area (Å²) in [6, 6.07) is 3.34. The molecule has 0 fully saturated rings. The van der Waals surface area contributed by atoms with Crippen LogP contribution in [0.5, 0.6) is 0 Å². The van der Waals surface area contributed by atoms with Crippen LogP contribution in [0.3, 0.4) is 0 Å². The van der Waals surface area contributed by atoms with E-state index in [9.17, 15) is 4.79 Å². The molecule has 1 heterocycles.